The topological polar surface area (TPSA) is 57.6 Å². The summed E-state index contributed by atoms with van der Waals surface area (Å²) in [4.78, 5) is 0.300. The van der Waals surface area contributed by atoms with E-state index in [1.807, 2.05) is 13.8 Å². The average Bonchev–Trinajstić information content (AvgIpc) is 2.28. The molecule has 0 bridgehead atoms. The largest absolute Gasteiger partial charge is 0.392 e. The lowest BCUT2D eigenvalue weighted by atomic mass is 10.00. The van der Waals surface area contributed by atoms with Crippen molar-refractivity contribution < 1.29 is 13.5 Å². The van der Waals surface area contributed by atoms with Crippen LogP contribution in [0.5, 0.6) is 0 Å². The number of hydrogen-bond donors (Lipinski definition) is 1. The minimum Gasteiger partial charge on any atom is -0.392 e. The summed E-state index contributed by atoms with van der Waals surface area (Å²) in [6.45, 7) is 4.55. The van der Waals surface area contributed by atoms with Gasteiger partial charge in [0.25, 0.3) is 0 Å². The van der Waals surface area contributed by atoms with E-state index in [1.54, 1.807) is 24.3 Å². The molecular formula is C13H19NO3S. The van der Waals surface area contributed by atoms with Crippen LogP contribution in [0.2, 0.25) is 0 Å². The van der Waals surface area contributed by atoms with E-state index in [2.05, 4.69) is 0 Å². The van der Waals surface area contributed by atoms with Gasteiger partial charge in [-0.05, 0) is 31.4 Å². The first-order valence-electron chi connectivity index (χ1n) is 6.14. The van der Waals surface area contributed by atoms with Crippen LogP contribution >= 0.6 is 0 Å². The molecule has 1 aliphatic rings. The molecule has 1 fully saturated rings. The lowest BCUT2D eigenvalue weighted by Gasteiger charge is -2.33. The Hall–Kier alpha value is -0.910. The second-order valence-corrected chi connectivity index (χ2v) is 7.07. The van der Waals surface area contributed by atoms with Gasteiger partial charge in [-0.3, -0.25) is 0 Å². The van der Waals surface area contributed by atoms with Crippen molar-refractivity contribution in [1.82, 2.24) is 4.31 Å². The minimum atomic E-state index is -3.47. The molecule has 4 nitrogen and oxygen atoms in total. The SMILES string of the molecule is Cc1ccc(S(=O)(=O)N2C[C@@H](C)C[C@H](O)C2)cc1. The maximum atomic E-state index is 12.4. The van der Waals surface area contributed by atoms with E-state index < -0.39 is 16.1 Å². The molecule has 100 valence electrons. The Labute approximate surface area is 108 Å². The van der Waals surface area contributed by atoms with Crippen molar-refractivity contribution in [3.63, 3.8) is 0 Å². The summed E-state index contributed by atoms with van der Waals surface area (Å²) < 4.78 is 26.2. The number of piperidine rings is 1. The van der Waals surface area contributed by atoms with Crippen LogP contribution in [0.25, 0.3) is 0 Å². The molecular weight excluding hydrogens is 250 g/mol. The molecule has 5 heteroatoms. The third-order valence-corrected chi connectivity index (χ3v) is 5.11. The zero-order chi connectivity index (χ0) is 13.3. The standard InChI is InChI=1S/C13H19NO3S/c1-10-3-5-13(6-4-10)18(16,17)14-8-11(2)7-12(15)9-14/h3-6,11-12,15H,7-9H2,1-2H3/t11-,12-/m0/s1. The fraction of sp³-hybridized carbons (Fsp3) is 0.538. The van der Waals surface area contributed by atoms with Crippen molar-refractivity contribution in [2.45, 2.75) is 31.3 Å². The first-order valence-corrected chi connectivity index (χ1v) is 7.58. The molecule has 1 saturated heterocycles. The molecule has 2 rings (SSSR count). The highest BCUT2D eigenvalue weighted by Crippen LogP contribution is 2.23. The Morgan fingerprint density at radius 3 is 2.39 bits per heavy atom. The van der Waals surface area contributed by atoms with E-state index in [9.17, 15) is 13.5 Å². The molecule has 0 saturated carbocycles. The van der Waals surface area contributed by atoms with Crippen molar-refractivity contribution in [3.8, 4) is 0 Å². The highest BCUT2D eigenvalue weighted by molar-refractivity contribution is 7.89. The molecule has 18 heavy (non-hydrogen) atoms. The van der Waals surface area contributed by atoms with Gasteiger partial charge in [-0.25, -0.2) is 8.42 Å². The van der Waals surface area contributed by atoms with Crippen LogP contribution in [0.3, 0.4) is 0 Å². The van der Waals surface area contributed by atoms with E-state index >= 15 is 0 Å². The zero-order valence-electron chi connectivity index (χ0n) is 10.7. The van der Waals surface area contributed by atoms with Gasteiger partial charge in [0.2, 0.25) is 10.0 Å². The van der Waals surface area contributed by atoms with E-state index in [4.69, 9.17) is 0 Å². The van der Waals surface area contributed by atoms with Gasteiger partial charge >= 0.3 is 0 Å². The fourth-order valence-corrected chi connectivity index (χ4v) is 3.92. The zero-order valence-corrected chi connectivity index (χ0v) is 11.5. The van der Waals surface area contributed by atoms with Crippen molar-refractivity contribution in [1.29, 1.82) is 0 Å². The summed E-state index contributed by atoms with van der Waals surface area (Å²) in [6.07, 6.45) is 0.105. The van der Waals surface area contributed by atoms with Crippen molar-refractivity contribution in [2.75, 3.05) is 13.1 Å². The highest BCUT2D eigenvalue weighted by atomic mass is 32.2. The first-order chi connectivity index (χ1) is 8.39. The van der Waals surface area contributed by atoms with Crippen LogP contribution in [0, 0.1) is 12.8 Å². The molecule has 1 N–H and O–H groups in total. The van der Waals surface area contributed by atoms with Crippen LogP contribution in [-0.4, -0.2) is 37.0 Å². The first kappa shape index (κ1) is 13.5. The Kier molecular flexibility index (Phi) is 3.75. The van der Waals surface area contributed by atoms with Crippen LogP contribution in [0.15, 0.2) is 29.2 Å². The number of nitrogens with zero attached hydrogens (tertiary/aromatic N) is 1. The fourth-order valence-electron chi connectivity index (χ4n) is 2.33. The van der Waals surface area contributed by atoms with Gasteiger partial charge in [-0.2, -0.15) is 4.31 Å². The Bertz CT molecular complexity index is 500. The number of aryl methyl sites for hydroxylation is 1. The van der Waals surface area contributed by atoms with E-state index in [1.165, 1.54) is 4.31 Å². The van der Waals surface area contributed by atoms with Gasteiger partial charge in [0.15, 0.2) is 0 Å². The molecule has 1 heterocycles. The van der Waals surface area contributed by atoms with Gasteiger partial charge in [0.05, 0.1) is 11.0 Å². The second-order valence-electron chi connectivity index (χ2n) is 5.13. The molecule has 1 aromatic rings. The maximum absolute atomic E-state index is 12.4. The molecule has 0 unspecified atom stereocenters. The van der Waals surface area contributed by atoms with Crippen molar-refractivity contribution in [2.24, 2.45) is 5.92 Å². The Morgan fingerprint density at radius 2 is 1.83 bits per heavy atom. The van der Waals surface area contributed by atoms with Gasteiger partial charge < -0.3 is 5.11 Å². The third kappa shape index (κ3) is 2.74. The second kappa shape index (κ2) is 4.99. The third-order valence-electron chi connectivity index (χ3n) is 3.26. The summed E-state index contributed by atoms with van der Waals surface area (Å²) in [5.74, 6) is 0.189. The molecule has 2 atom stereocenters. The molecule has 1 aliphatic heterocycles. The predicted octanol–water partition coefficient (Wildman–Crippen LogP) is 1.39. The van der Waals surface area contributed by atoms with Crippen LogP contribution in [0.4, 0.5) is 0 Å². The van der Waals surface area contributed by atoms with Crippen LogP contribution in [-0.2, 0) is 10.0 Å². The highest BCUT2D eigenvalue weighted by Gasteiger charge is 2.32. The predicted molar refractivity (Wildman–Crippen MR) is 69.7 cm³/mol. The van der Waals surface area contributed by atoms with Gasteiger partial charge in [0, 0.05) is 13.1 Å². The quantitative estimate of drug-likeness (QED) is 0.882. The number of aliphatic hydroxyl groups excluding tert-OH is 1. The lowest BCUT2D eigenvalue weighted by molar-refractivity contribution is 0.0821. The normalized spacial score (nSPS) is 26.2. The Balaban J connectivity index is 2.28. The number of aliphatic hydroxyl groups is 1. The Morgan fingerprint density at radius 1 is 1.22 bits per heavy atom. The molecule has 0 spiro atoms. The molecule has 0 aromatic heterocycles. The maximum Gasteiger partial charge on any atom is 0.243 e. The van der Waals surface area contributed by atoms with E-state index in [0.717, 1.165) is 5.56 Å². The van der Waals surface area contributed by atoms with Gasteiger partial charge in [-0.1, -0.05) is 24.6 Å². The minimum absolute atomic E-state index is 0.189. The van der Waals surface area contributed by atoms with E-state index in [0.29, 0.717) is 17.9 Å². The van der Waals surface area contributed by atoms with Crippen LogP contribution < -0.4 is 0 Å². The lowest BCUT2D eigenvalue weighted by Crippen LogP contribution is -2.45. The summed E-state index contributed by atoms with van der Waals surface area (Å²) in [5, 5.41) is 9.70. The van der Waals surface area contributed by atoms with Gasteiger partial charge in [0.1, 0.15) is 0 Å². The summed E-state index contributed by atoms with van der Waals surface area (Å²) in [7, 11) is -3.47. The molecule has 1 aromatic carbocycles. The number of rotatable bonds is 2. The van der Waals surface area contributed by atoms with Crippen molar-refractivity contribution >= 4 is 10.0 Å². The van der Waals surface area contributed by atoms with Gasteiger partial charge in [-0.15, -0.1) is 0 Å². The van der Waals surface area contributed by atoms with Crippen molar-refractivity contribution in [3.05, 3.63) is 29.8 Å². The number of hydrogen-bond acceptors (Lipinski definition) is 3. The number of β-amino-alcohol motifs (C(OH)–C–C–N with tert-alkyl or cyclic N) is 1. The van der Waals surface area contributed by atoms with E-state index in [-0.39, 0.29) is 12.5 Å². The summed E-state index contributed by atoms with van der Waals surface area (Å²) in [5.41, 5.74) is 1.03. The molecule has 0 radical (unpaired) electrons. The average molecular weight is 269 g/mol. The molecule has 0 aliphatic carbocycles. The smallest absolute Gasteiger partial charge is 0.243 e. The summed E-state index contributed by atoms with van der Waals surface area (Å²) >= 11 is 0. The monoisotopic (exact) mass is 269 g/mol. The van der Waals surface area contributed by atoms with Crippen LogP contribution in [0.1, 0.15) is 18.9 Å². The number of sulfonamides is 1. The number of benzene rings is 1. The molecule has 0 amide bonds. The summed E-state index contributed by atoms with van der Waals surface area (Å²) in [6, 6.07) is 6.82.